The van der Waals surface area contributed by atoms with Gasteiger partial charge in [-0.05, 0) is 6.92 Å². The van der Waals surface area contributed by atoms with E-state index < -0.39 is 5.97 Å². The summed E-state index contributed by atoms with van der Waals surface area (Å²) in [4.78, 5) is 11.5. The molecule has 6 heteroatoms. The van der Waals surface area contributed by atoms with Gasteiger partial charge in [-0.2, -0.15) is 0 Å². The fourth-order valence-electron chi connectivity index (χ4n) is 2.07. The zero-order chi connectivity index (χ0) is 14.7. The summed E-state index contributed by atoms with van der Waals surface area (Å²) in [5.41, 5.74) is 1.93. The molecule has 2 aromatic rings. The molecule has 1 aromatic carbocycles. The summed E-state index contributed by atoms with van der Waals surface area (Å²) in [6, 6.07) is 9.11. The standard InChI is InChI=1S/C15H15NO5/c1-2-18-14(17)12-9-13(21-16-12)10-3-5-11(6-4-10)15-19-7-8-20-15/h3-6,9,15H,2,7-8H2,1H3. The second-order valence-corrected chi connectivity index (χ2v) is 4.49. The molecule has 6 nitrogen and oxygen atoms in total. The van der Waals surface area contributed by atoms with Crippen molar-refractivity contribution in [2.45, 2.75) is 13.2 Å². The quantitative estimate of drug-likeness (QED) is 0.806. The average Bonchev–Trinajstić information content (AvgIpc) is 3.19. The molecule has 0 bridgehead atoms. The summed E-state index contributed by atoms with van der Waals surface area (Å²) in [6.45, 7) is 3.26. The van der Waals surface area contributed by atoms with Crippen molar-refractivity contribution in [2.24, 2.45) is 0 Å². The first-order chi connectivity index (χ1) is 10.3. The van der Waals surface area contributed by atoms with Crippen LogP contribution in [-0.4, -0.2) is 30.9 Å². The molecular weight excluding hydrogens is 274 g/mol. The molecule has 1 fully saturated rings. The fourth-order valence-corrected chi connectivity index (χ4v) is 2.07. The van der Waals surface area contributed by atoms with Gasteiger partial charge in [0, 0.05) is 17.2 Å². The lowest BCUT2D eigenvalue weighted by atomic mass is 10.1. The minimum absolute atomic E-state index is 0.165. The first-order valence-corrected chi connectivity index (χ1v) is 6.75. The van der Waals surface area contributed by atoms with Crippen molar-refractivity contribution in [2.75, 3.05) is 19.8 Å². The highest BCUT2D eigenvalue weighted by Gasteiger charge is 2.19. The van der Waals surface area contributed by atoms with Crippen molar-refractivity contribution in [3.8, 4) is 11.3 Å². The van der Waals surface area contributed by atoms with Crippen molar-refractivity contribution in [3.05, 3.63) is 41.6 Å². The number of ether oxygens (including phenoxy) is 3. The molecule has 0 unspecified atom stereocenters. The van der Waals surface area contributed by atoms with Gasteiger partial charge in [0.15, 0.2) is 17.7 Å². The molecule has 1 aliphatic rings. The minimum Gasteiger partial charge on any atom is -0.461 e. The van der Waals surface area contributed by atoms with Crippen LogP contribution in [0.15, 0.2) is 34.9 Å². The van der Waals surface area contributed by atoms with E-state index in [-0.39, 0.29) is 12.0 Å². The molecule has 110 valence electrons. The molecule has 0 atom stereocenters. The molecule has 0 amide bonds. The van der Waals surface area contributed by atoms with Gasteiger partial charge in [-0.25, -0.2) is 4.79 Å². The molecular formula is C15H15NO5. The maximum Gasteiger partial charge on any atom is 0.360 e. The van der Waals surface area contributed by atoms with Gasteiger partial charge in [0.1, 0.15) is 0 Å². The van der Waals surface area contributed by atoms with E-state index in [9.17, 15) is 4.79 Å². The van der Waals surface area contributed by atoms with Gasteiger partial charge in [-0.3, -0.25) is 0 Å². The third-order valence-corrected chi connectivity index (χ3v) is 3.08. The number of nitrogens with zero attached hydrogens (tertiary/aromatic N) is 1. The molecule has 1 aromatic heterocycles. The summed E-state index contributed by atoms with van der Waals surface area (Å²) >= 11 is 0. The summed E-state index contributed by atoms with van der Waals surface area (Å²) < 4.78 is 20.9. The highest BCUT2D eigenvalue weighted by molar-refractivity contribution is 5.88. The molecule has 3 rings (SSSR count). The van der Waals surface area contributed by atoms with Gasteiger partial charge in [0.05, 0.1) is 19.8 Å². The highest BCUT2D eigenvalue weighted by Crippen LogP contribution is 2.27. The fraction of sp³-hybridized carbons (Fsp3) is 0.333. The molecule has 2 heterocycles. The van der Waals surface area contributed by atoms with Crippen molar-refractivity contribution < 1.29 is 23.5 Å². The predicted octanol–water partition coefficient (Wildman–Crippen LogP) is 2.56. The molecule has 21 heavy (non-hydrogen) atoms. The molecule has 0 N–H and O–H groups in total. The van der Waals surface area contributed by atoms with Crippen molar-refractivity contribution in [1.29, 1.82) is 0 Å². The van der Waals surface area contributed by atoms with Crippen LogP contribution < -0.4 is 0 Å². The van der Waals surface area contributed by atoms with Crippen molar-refractivity contribution in [3.63, 3.8) is 0 Å². The van der Waals surface area contributed by atoms with Crippen LogP contribution in [-0.2, 0) is 14.2 Å². The minimum atomic E-state index is -0.489. The Morgan fingerprint density at radius 1 is 1.29 bits per heavy atom. The van der Waals surface area contributed by atoms with E-state index in [1.165, 1.54) is 0 Å². The maximum absolute atomic E-state index is 11.5. The van der Waals surface area contributed by atoms with Crippen LogP contribution in [0.25, 0.3) is 11.3 Å². The van der Waals surface area contributed by atoms with E-state index in [0.29, 0.717) is 25.6 Å². The van der Waals surface area contributed by atoms with Gasteiger partial charge in [-0.15, -0.1) is 0 Å². The third kappa shape index (κ3) is 2.96. The number of carbonyl (C=O) groups is 1. The number of benzene rings is 1. The van der Waals surface area contributed by atoms with Crippen LogP contribution in [0.4, 0.5) is 0 Å². The summed E-state index contributed by atoms with van der Waals surface area (Å²) in [7, 11) is 0. The van der Waals surface area contributed by atoms with Gasteiger partial charge < -0.3 is 18.7 Å². The van der Waals surface area contributed by atoms with Crippen molar-refractivity contribution >= 4 is 5.97 Å². The molecule has 0 aliphatic carbocycles. The zero-order valence-electron chi connectivity index (χ0n) is 11.6. The Morgan fingerprint density at radius 2 is 2.00 bits per heavy atom. The number of aromatic nitrogens is 1. The number of carbonyl (C=O) groups excluding carboxylic acids is 1. The Kier molecular flexibility index (Phi) is 3.98. The van der Waals surface area contributed by atoms with Crippen LogP contribution in [0.2, 0.25) is 0 Å². The van der Waals surface area contributed by atoms with E-state index >= 15 is 0 Å². The van der Waals surface area contributed by atoms with Crippen LogP contribution >= 0.6 is 0 Å². The van der Waals surface area contributed by atoms with E-state index in [1.807, 2.05) is 24.3 Å². The Hall–Kier alpha value is -2.18. The molecule has 0 radical (unpaired) electrons. The van der Waals surface area contributed by atoms with Crippen LogP contribution in [0, 0.1) is 0 Å². The molecule has 0 saturated carbocycles. The third-order valence-electron chi connectivity index (χ3n) is 3.08. The molecule has 1 saturated heterocycles. The summed E-state index contributed by atoms with van der Waals surface area (Å²) in [5.74, 6) is 0.0229. The van der Waals surface area contributed by atoms with E-state index in [4.69, 9.17) is 18.7 Å². The molecule has 1 aliphatic heterocycles. The predicted molar refractivity (Wildman–Crippen MR) is 72.5 cm³/mol. The molecule has 0 spiro atoms. The lowest BCUT2D eigenvalue weighted by molar-refractivity contribution is -0.0441. The van der Waals surface area contributed by atoms with Crippen LogP contribution in [0.5, 0.6) is 0 Å². The number of hydrogen-bond acceptors (Lipinski definition) is 6. The van der Waals surface area contributed by atoms with Gasteiger partial charge in [-0.1, -0.05) is 29.4 Å². The number of rotatable bonds is 4. The van der Waals surface area contributed by atoms with E-state index in [0.717, 1.165) is 11.1 Å². The zero-order valence-corrected chi connectivity index (χ0v) is 11.6. The Labute approximate surface area is 121 Å². The lowest BCUT2D eigenvalue weighted by Crippen LogP contribution is -2.04. The number of esters is 1. The monoisotopic (exact) mass is 289 g/mol. The van der Waals surface area contributed by atoms with Gasteiger partial charge in [0.2, 0.25) is 0 Å². The average molecular weight is 289 g/mol. The Bertz CT molecular complexity index is 613. The summed E-state index contributed by atoms with van der Waals surface area (Å²) in [6.07, 6.45) is -0.302. The second-order valence-electron chi connectivity index (χ2n) is 4.49. The van der Waals surface area contributed by atoms with E-state index in [2.05, 4.69) is 5.16 Å². The highest BCUT2D eigenvalue weighted by atomic mass is 16.7. The van der Waals surface area contributed by atoms with Gasteiger partial charge >= 0.3 is 5.97 Å². The van der Waals surface area contributed by atoms with Crippen molar-refractivity contribution in [1.82, 2.24) is 5.16 Å². The van der Waals surface area contributed by atoms with Gasteiger partial charge in [0.25, 0.3) is 0 Å². The van der Waals surface area contributed by atoms with Crippen LogP contribution in [0.1, 0.15) is 29.3 Å². The Balaban J connectivity index is 1.76. The number of hydrogen-bond donors (Lipinski definition) is 0. The smallest absolute Gasteiger partial charge is 0.360 e. The SMILES string of the molecule is CCOC(=O)c1cc(-c2ccc(C3OCCO3)cc2)on1. The topological polar surface area (TPSA) is 70.8 Å². The maximum atomic E-state index is 11.5. The lowest BCUT2D eigenvalue weighted by Gasteiger charge is -2.08. The normalized spacial score (nSPS) is 15.3. The largest absolute Gasteiger partial charge is 0.461 e. The first kappa shape index (κ1) is 13.8. The first-order valence-electron chi connectivity index (χ1n) is 6.75. The van der Waals surface area contributed by atoms with Crippen LogP contribution in [0.3, 0.4) is 0 Å². The Morgan fingerprint density at radius 3 is 2.67 bits per heavy atom. The van der Waals surface area contributed by atoms with E-state index in [1.54, 1.807) is 13.0 Å². The summed E-state index contributed by atoms with van der Waals surface area (Å²) in [5, 5.41) is 3.71. The second kappa shape index (κ2) is 6.07.